The second-order valence-corrected chi connectivity index (χ2v) is 8.34. The number of thioether (sulfide) groups is 1. The van der Waals surface area contributed by atoms with Gasteiger partial charge in [0.15, 0.2) is 0 Å². The molecule has 1 aliphatic rings. The molecule has 1 aliphatic heterocycles. The molecule has 6 heteroatoms. The van der Waals surface area contributed by atoms with Gasteiger partial charge >= 0.3 is 5.97 Å². The van der Waals surface area contributed by atoms with Gasteiger partial charge in [0.25, 0.3) is 5.91 Å². The van der Waals surface area contributed by atoms with Gasteiger partial charge in [-0.2, -0.15) is 0 Å². The summed E-state index contributed by atoms with van der Waals surface area (Å²) >= 11 is 7.94. The Morgan fingerprint density at radius 2 is 1.89 bits per heavy atom. The normalized spacial score (nSPS) is 18.9. The van der Waals surface area contributed by atoms with Crippen LogP contribution >= 0.6 is 23.4 Å². The quantitative estimate of drug-likeness (QED) is 0.475. The second-order valence-electron chi connectivity index (χ2n) is 6.82. The number of amides is 1. The van der Waals surface area contributed by atoms with E-state index >= 15 is 0 Å². The van der Waals surface area contributed by atoms with Crippen molar-refractivity contribution >= 4 is 35.2 Å². The number of rotatable bonds is 6. The molecule has 1 fully saturated rings. The Hall–Kier alpha value is -1.98. The maximum Gasteiger partial charge on any atom is 0.329 e. The lowest BCUT2D eigenvalue weighted by Gasteiger charge is -2.29. The third-order valence-electron chi connectivity index (χ3n) is 4.72. The van der Waals surface area contributed by atoms with Crippen LogP contribution in [0.1, 0.15) is 46.6 Å². The van der Waals surface area contributed by atoms with E-state index in [1.165, 1.54) is 11.8 Å². The molecule has 28 heavy (non-hydrogen) atoms. The largest absolute Gasteiger partial charge is 0.464 e. The number of hydrogen-bond donors (Lipinski definition) is 0. The molecular formula is C22H24ClNO3S. The molecule has 2 aromatic carbocycles. The Kier molecular flexibility index (Phi) is 7.03. The average molecular weight is 418 g/mol. The van der Waals surface area contributed by atoms with Gasteiger partial charge in [-0.15, -0.1) is 11.8 Å². The van der Waals surface area contributed by atoms with E-state index in [2.05, 4.69) is 0 Å². The van der Waals surface area contributed by atoms with Crippen molar-refractivity contribution in [3.63, 3.8) is 0 Å². The Bertz CT molecular complexity index is 840. The van der Waals surface area contributed by atoms with Crippen molar-refractivity contribution in [3.8, 4) is 0 Å². The SMILES string of the molecule is CCCCOC(=O)[C@@H]1CS[C@@H](c2ccccc2Cl)N1C(=O)c1ccc(C)cc1. The van der Waals surface area contributed by atoms with Crippen LogP contribution in [0.5, 0.6) is 0 Å². The molecule has 0 aromatic heterocycles. The number of aryl methyl sites for hydroxylation is 1. The predicted octanol–water partition coefficient (Wildman–Crippen LogP) is 5.25. The molecule has 0 spiro atoms. The highest BCUT2D eigenvalue weighted by molar-refractivity contribution is 7.99. The fourth-order valence-corrected chi connectivity index (χ4v) is 4.86. The molecule has 0 unspecified atom stereocenters. The molecule has 0 saturated carbocycles. The summed E-state index contributed by atoms with van der Waals surface area (Å²) in [6.07, 6.45) is 1.76. The predicted molar refractivity (Wildman–Crippen MR) is 114 cm³/mol. The average Bonchev–Trinajstić information content (AvgIpc) is 3.13. The lowest BCUT2D eigenvalue weighted by molar-refractivity contribution is -0.148. The Morgan fingerprint density at radius 1 is 1.18 bits per heavy atom. The minimum Gasteiger partial charge on any atom is -0.464 e. The van der Waals surface area contributed by atoms with Crippen molar-refractivity contribution in [2.24, 2.45) is 0 Å². The Morgan fingerprint density at radius 3 is 2.57 bits per heavy atom. The first-order valence-corrected chi connectivity index (χ1v) is 10.9. The maximum atomic E-state index is 13.4. The van der Waals surface area contributed by atoms with Crippen LogP contribution < -0.4 is 0 Å². The third kappa shape index (κ3) is 4.53. The fraction of sp³-hybridized carbons (Fsp3) is 0.364. The number of nitrogens with zero attached hydrogens (tertiary/aromatic N) is 1. The van der Waals surface area contributed by atoms with E-state index in [4.69, 9.17) is 16.3 Å². The number of halogens is 1. The zero-order chi connectivity index (χ0) is 20.1. The standard InChI is InChI=1S/C22H24ClNO3S/c1-3-4-13-27-22(26)19-14-28-21(17-7-5-6-8-18(17)23)24(19)20(25)16-11-9-15(2)10-12-16/h5-12,19,21H,3-4,13-14H2,1-2H3/t19-,21-/m0/s1. The molecule has 148 valence electrons. The van der Waals surface area contributed by atoms with Gasteiger partial charge in [-0.3, -0.25) is 4.79 Å². The van der Waals surface area contributed by atoms with Crippen molar-refractivity contribution in [3.05, 3.63) is 70.2 Å². The molecule has 4 nitrogen and oxygen atoms in total. The van der Waals surface area contributed by atoms with Crippen molar-refractivity contribution in [2.75, 3.05) is 12.4 Å². The van der Waals surface area contributed by atoms with Crippen LogP contribution in [0.25, 0.3) is 0 Å². The number of ether oxygens (including phenoxy) is 1. The van der Waals surface area contributed by atoms with E-state index in [1.807, 2.05) is 44.2 Å². The highest BCUT2D eigenvalue weighted by atomic mass is 35.5. The topological polar surface area (TPSA) is 46.6 Å². The summed E-state index contributed by atoms with van der Waals surface area (Å²) in [4.78, 5) is 27.7. The van der Waals surface area contributed by atoms with E-state index in [0.29, 0.717) is 22.9 Å². The number of benzene rings is 2. The van der Waals surface area contributed by atoms with Gasteiger partial charge in [0.2, 0.25) is 0 Å². The van der Waals surface area contributed by atoms with E-state index in [1.54, 1.807) is 23.1 Å². The van der Waals surface area contributed by atoms with E-state index in [-0.39, 0.29) is 17.3 Å². The molecule has 1 saturated heterocycles. The van der Waals surface area contributed by atoms with Gasteiger partial charge in [0.05, 0.1) is 6.61 Å². The molecule has 0 radical (unpaired) electrons. The first-order valence-electron chi connectivity index (χ1n) is 9.45. The molecule has 2 aromatic rings. The summed E-state index contributed by atoms with van der Waals surface area (Å²) in [6.45, 7) is 4.39. The van der Waals surface area contributed by atoms with Crippen LogP contribution in [0, 0.1) is 6.92 Å². The zero-order valence-corrected chi connectivity index (χ0v) is 17.6. The minimum atomic E-state index is -0.628. The summed E-state index contributed by atoms with van der Waals surface area (Å²) in [5.41, 5.74) is 2.46. The van der Waals surface area contributed by atoms with E-state index in [0.717, 1.165) is 24.0 Å². The molecule has 2 atom stereocenters. The van der Waals surface area contributed by atoms with Crippen molar-refractivity contribution in [1.29, 1.82) is 0 Å². The van der Waals surface area contributed by atoms with Crippen molar-refractivity contribution in [1.82, 2.24) is 4.90 Å². The molecular weight excluding hydrogens is 394 g/mol. The number of unbranched alkanes of at least 4 members (excludes halogenated alkanes) is 1. The first kappa shape index (κ1) is 20.7. The van der Waals surface area contributed by atoms with Gasteiger partial charge in [0.1, 0.15) is 11.4 Å². The Balaban J connectivity index is 1.92. The summed E-state index contributed by atoms with van der Waals surface area (Å²) in [7, 11) is 0. The molecule has 0 N–H and O–H groups in total. The van der Waals surface area contributed by atoms with Gasteiger partial charge in [0, 0.05) is 21.9 Å². The molecule has 1 heterocycles. The second kappa shape index (κ2) is 9.48. The summed E-state index contributed by atoms with van der Waals surface area (Å²) in [5, 5.41) is 0.257. The van der Waals surface area contributed by atoms with E-state index in [9.17, 15) is 9.59 Å². The van der Waals surface area contributed by atoms with E-state index < -0.39 is 6.04 Å². The zero-order valence-electron chi connectivity index (χ0n) is 16.1. The minimum absolute atomic E-state index is 0.188. The van der Waals surface area contributed by atoms with Crippen LogP contribution in [-0.4, -0.2) is 35.2 Å². The Labute approximate surface area is 175 Å². The van der Waals surface area contributed by atoms with Gasteiger partial charge in [-0.1, -0.05) is 60.8 Å². The summed E-state index contributed by atoms with van der Waals surface area (Å²) < 4.78 is 5.44. The molecule has 3 rings (SSSR count). The summed E-state index contributed by atoms with van der Waals surface area (Å²) in [5.74, 6) is -0.0540. The number of hydrogen-bond acceptors (Lipinski definition) is 4. The molecule has 0 aliphatic carbocycles. The third-order valence-corrected chi connectivity index (χ3v) is 6.37. The van der Waals surface area contributed by atoms with Crippen LogP contribution in [0.2, 0.25) is 5.02 Å². The maximum absolute atomic E-state index is 13.4. The lowest BCUT2D eigenvalue weighted by atomic mass is 10.1. The number of carbonyl (C=O) groups is 2. The highest BCUT2D eigenvalue weighted by Gasteiger charge is 2.44. The van der Waals surface area contributed by atoms with Crippen molar-refractivity contribution in [2.45, 2.75) is 38.1 Å². The number of carbonyl (C=O) groups excluding carboxylic acids is 2. The van der Waals surface area contributed by atoms with Crippen LogP contribution in [0.4, 0.5) is 0 Å². The highest BCUT2D eigenvalue weighted by Crippen LogP contribution is 2.44. The lowest BCUT2D eigenvalue weighted by Crippen LogP contribution is -2.44. The van der Waals surface area contributed by atoms with Gasteiger partial charge < -0.3 is 9.64 Å². The van der Waals surface area contributed by atoms with Crippen LogP contribution in [0.3, 0.4) is 0 Å². The smallest absolute Gasteiger partial charge is 0.329 e. The number of esters is 1. The fourth-order valence-electron chi connectivity index (χ4n) is 3.11. The molecule has 0 bridgehead atoms. The van der Waals surface area contributed by atoms with Crippen LogP contribution in [0.15, 0.2) is 48.5 Å². The first-order chi connectivity index (χ1) is 13.5. The van der Waals surface area contributed by atoms with Gasteiger partial charge in [-0.25, -0.2) is 4.79 Å². The van der Waals surface area contributed by atoms with Gasteiger partial charge in [-0.05, 0) is 31.5 Å². The van der Waals surface area contributed by atoms with Crippen molar-refractivity contribution < 1.29 is 14.3 Å². The molecule has 1 amide bonds. The monoisotopic (exact) mass is 417 g/mol. The summed E-state index contributed by atoms with van der Waals surface area (Å²) in [6, 6.07) is 14.2. The van der Waals surface area contributed by atoms with Crippen LogP contribution in [-0.2, 0) is 9.53 Å².